The van der Waals surface area contributed by atoms with Crippen molar-refractivity contribution < 1.29 is 0 Å². The molecule has 0 bridgehead atoms. The van der Waals surface area contributed by atoms with Gasteiger partial charge in [-0.05, 0) is 66.3 Å². The van der Waals surface area contributed by atoms with E-state index >= 15 is 0 Å². The van der Waals surface area contributed by atoms with Crippen molar-refractivity contribution in [1.29, 1.82) is 0 Å². The largest absolute Gasteiger partial charge is 0.247 e. The van der Waals surface area contributed by atoms with E-state index in [2.05, 4.69) is 152 Å². The third-order valence-electron chi connectivity index (χ3n) is 8.81. The topological polar surface area (TPSA) is 12.9 Å². The molecule has 0 aliphatic rings. The smallest absolute Gasteiger partial charge is 0.0794 e. The number of aromatic nitrogens is 1. The van der Waals surface area contributed by atoms with E-state index in [0.29, 0.717) is 0 Å². The van der Waals surface area contributed by atoms with Crippen LogP contribution in [-0.2, 0) is 0 Å². The third-order valence-corrected chi connectivity index (χ3v) is 8.81. The first-order valence-corrected chi connectivity index (χ1v) is 14.5. The van der Waals surface area contributed by atoms with Gasteiger partial charge in [0.25, 0.3) is 0 Å². The Morgan fingerprint density at radius 3 is 1.50 bits per heavy atom. The van der Waals surface area contributed by atoms with E-state index < -0.39 is 0 Å². The van der Waals surface area contributed by atoms with Crippen LogP contribution in [0.25, 0.3) is 87.1 Å². The van der Waals surface area contributed by atoms with Gasteiger partial charge in [0.2, 0.25) is 0 Å². The Hall–Kier alpha value is -5.53. The fraction of sp³-hybridized carbons (Fsp3) is 0. The maximum Gasteiger partial charge on any atom is 0.0794 e. The van der Waals surface area contributed by atoms with Gasteiger partial charge in [-0.25, -0.2) is 4.98 Å². The number of fused-ring (bicyclic) bond motifs is 11. The summed E-state index contributed by atoms with van der Waals surface area (Å²) >= 11 is 0. The summed E-state index contributed by atoms with van der Waals surface area (Å²) in [5.74, 6) is 0. The molecule has 1 heteroatoms. The number of para-hydroxylation sites is 1. The van der Waals surface area contributed by atoms with E-state index in [1.807, 2.05) is 0 Å². The molecule has 0 spiro atoms. The number of rotatable bonds is 2. The molecule has 0 unspecified atom stereocenters. The lowest BCUT2D eigenvalue weighted by Crippen LogP contribution is -1.93. The van der Waals surface area contributed by atoms with E-state index in [4.69, 9.17) is 4.98 Å². The molecule has 0 N–H and O–H groups in total. The first kappa shape index (κ1) is 23.2. The van der Waals surface area contributed by atoms with Crippen LogP contribution < -0.4 is 0 Å². The molecule has 8 aromatic carbocycles. The summed E-state index contributed by atoms with van der Waals surface area (Å²) in [6.07, 6.45) is 0. The van der Waals surface area contributed by atoms with Gasteiger partial charge in [0.15, 0.2) is 0 Å². The quantitative estimate of drug-likeness (QED) is 0.202. The van der Waals surface area contributed by atoms with Crippen molar-refractivity contribution in [2.45, 2.75) is 0 Å². The number of nitrogens with zero attached hydrogens (tertiary/aromatic N) is 1. The van der Waals surface area contributed by atoms with E-state index in [0.717, 1.165) is 16.8 Å². The molecular weight excluding hydrogens is 506 g/mol. The Morgan fingerprint density at radius 1 is 0.333 bits per heavy atom. The second-order valence-corrected chi connectivity index (χ2v) is 11.1. The average molecular weight is 532 g/mol. The molecular formula is C41H25N. The van der Waals surface area contributed by atoms with Gasteiger partial charge >= 0.3 is 0 Å². The minimum atomic E-state index is 1.02. The first-order valence-electron chi connectivity index (χ1n) is 14.5. The van der Waals surface area contributed by atoms with E-state index in [1.54, 1.807) is 0 Å². The SMILES string of the molecule is c1ccc2c(c1)cc(-c1ccc(-c3nc4ccccc4c4c5ccccc5c5ccccc5c34)cc1)c1ccccc12. The fourth-order valence-corrected chi connectivity index (χ4v) is 6.94. The predicted octanol–water partition coefficient (Wildman–Crippen LogP) is 11.3. The van der Waals surface area contributed by atoms with Crippen molar-refractivity contribution in [3.8, 4) is 22.4 Å². The monoisotopic (exact) mass is 531 g/mol. The lowest BCUT2D eigenvalue weighted by Gasteiger charge is -2.16. The number of benzene rings is 8. The van der Waals surface area contributed by atoms with Crippen molar-refractivity contribution in [1.82, 2.24) is 4.98 Å². The molecule has 1 nitrogen and oxygen atoms in total. The summed E-state index contributed by atoms with van der Waals surface area (Å²) in [7, 11) is 0. The highest BCUT2D eigenvalue weighted by molar-refractivity contribution is 6.33. The zero-order valence-corrected chi connectivity index (χ0v) is 22.9. The Kier molecular flexibility index (Phi) is 4.97. The molecule has 0 aliphatic carbocycles. The summed E-state index contributed by atoms with van der Waals surface area (Å²) in [5.41, 5.74) is 5.63. The Morgan fingerprint density at radius 2 is 0.810 bits per heavy atom. The van der Waals surface area contributed by atoms with Crippen molar-refractivity contribution in [2.24, 2.45) is 0 Å². The summed E-state index contributed by atoms with van der Waals surface area (Å²) in [6, 6.07) is 54.9. The molecule has 9 aromatic rings. The summed E-state index contributed by atoms with van der Waals surface area (Å²) < 4.78 is 0. The van der Waals surface area contributed by atoms with Crippen LogP contribution in [0.15, 0.2) is 152 Å². The first-order chi connectivity index (χ1) is 20.8. The van der Waals surface area contributed by atoms with Crippen LogP contribution in [-0.4, -0.2) is 4.98 Å². The molecule has 0 fully saturated rings. The zero-order valence-electron chi connectivity index (χ0n) is 22.9. The van der Waals surface area contributed by atoms with Crippen molar-refractivity contribution >= 4 is 64.8 Å². The Balaban J connectivity index is 1.34. The van der Waals surface area contributed by atoms with E-state index in [9.17, 15) is 0 Å². The molecule has 9 rings (SSSR count). The summed E-state index contributed by atoms with van der Waals surface area (Å²) in [6.45, 7) is 0. The molecule has 0 atom stereocenters. The molecule has 0 saturated heterocycles. The normalized spacial score (nSPS) is 11.8. The molecule has 194 valence electrons. The van der Waals surface area contributed by atoms with Gasteiger partial charge in [0, 0.05) is 21.7 Å². The van der Waals surface area contributed by atoms with Gasteiger partial charge in [-0.15, -0.1) is 0 Å². The average Bonchev–Trinajstić information content (AvgIpc) is 3.07. The van der Waals surface area contributed by atoms with Gasteiger partial charge in [-0.1, -0.05) is 140 Å². The summed E-state index contributed by atoms with van der Waals surface area (Å²) in [5, 5.41) is 13.8. The number of hydrogen-bond donors (Lipinski definition) is 0. The van der Waals surface area contributed by atoms with Gasteiger partial charge in [-0.2, -0.15) is 0 Å². The molecule has 0 radical (unpaired) electrons. The second kappa shape index (κ2) is 8.99. The molecule has 42 heavy (non-hydrogen) atoms. The van der Waals surface area contributed by atoms with Gasteiger partial charge in [0.05, 0.1) is 11.2 Å². The molecule has 0 amide bonds. The van der Waals surface area contributed by atoms with Crippen LogP contribution in [0.2, 0.25) is 0 Å². The van der Waals surface area contributed by atoms with Gasteiger partial charge in [0.1, 0.15) is 0 Å². The molecule has 1 aromatic heterocycles. The predicted molar refractivity (Wildman–Crippen MR) is 180 cm³/mol. The van der Waals surface area contributed by atoms with Crippen LogP contribution in [0.4, 0.5) is 0 Å². The van der Waals surface area contributed by atoms with Crippen LogP contribution in [0.3, 0.4) is 0 Å². The van der Waals surface area contributed by atoms with Crippen molar-refractivity contribution in [3.63, 3.8) is 0 Å². The van der Waals surface area contributed by atoms with E-state index in [-0.39, 0.29) is 0 Å². The molecule has 0 saturated carbocycles. The fourth-order valence-electron chi connectivity index (χ4n) is 6.94. The second-order valence-electron chi connectivity index (χ2n) is 11.1. The van der Waals surface area contributed by atoms with Gasteiger partial charge < -0.3 is 0 Å². The van der Waals surface area contributed by atoms with Crippen molar-refractivity contribution in [2.75, 3.05) is 0 Å². The van der Waals surface area contributed by atoms with E-state index in [1.165, 1.54) is 70.4 Å². The highest BCUT2D eigenvalue weighted by Gasteiger charge is 2.17. The van der Waals surface area contributed by atoms with Crippen LogP contribution >= 0.6 is 0 Å². The minimum absolute atomic E-state index is 1.02. The van der Waals surface area contributed by atoms with Crippen LogP contribution in [0.1, 0.15) is 0 Å². The maximum absolute atomic E-state index is 5.32. The third kappa shape index (κ3) is 3.34. The summed E-state index contributed by atoms with van der Waals surface area (Å²) in [4.78, 5) is 5.32. The van der Waals surface area contributed by atoms with Crippen LogP contribution in [0.5, 0.6) is 0 Å². The highest BCUT2D eigenvalue weighted by Crippen LogP contribution is 2.43. The van der Waals surface area contributed by atoms with Gasteiger partial charge in [-0.3, -0.25) is 0 Å². The lowest BCUT2D eigenvalue weighted by atomic mass is 9.89. The molecule has 1 heterocycles. The molecule has 0 aliphatic heterocycles. The number of pyridine rings is 1. The zero-order chi connectivity index (χ0) is 27.6. The minimum Gasteiger partial charge on any atom is -0.247 e. The Labute approximate surface area is 243 Å². The lowest BCUT2D eigenvalue weighted by molar-refractivity contribution is 1.43. The Bertz CT molecular complexity index is 2500. The highest BCUT2D eigenvalue weighted by atomic mass is 14.7. The maximum atomic E-state index is 5.32. The standard InChI is InChI=1S/C41H25N/c1-2-12-29-28(11-1)25-37(33-16-4-3-13-30(29)33)26-21-23-27(24-22-26)41-40-35-18-8-6-15-32(35)31-14-5-7-17-34(31)39(40)36-19-9-10-20-38(36)42-41/h1-25H. The number of hydrogen-bond acceptors (Lipinski definition) is 1. The van der Waals surface area contributed by atoms with Crippen molar-refractivity contribution in [3.05, 3.63) is 152 Å². The van der Waals surface area contributed by atoms with Crippen LogP contribution in [0, 0.1) is 0 Å².